The first-order valence-corrected chi connectivity index (χ1v) is 3.37. The molecule has 0 saturated heterocycles. The van der Waals surface area contributed by atoms with E-state index < -0.39 is 0 Å². The lowest BCUT2D eigenvalue weighted by Crippen LogP contribution is -2.72. The van der Waals surface area contributed by atoms with Gasteiger partial charge in [0, 0.05) is 17.4 Å². The third kappa shape index (κ3) is 0.908. The Morgan fingerprint density at radius 2 is 2.27 bits per heavy atom. The summed E-state index contributed by atoms with van der Waals surface area (Å²) in [5.74, 6) is 0. The standard InChI is InChI=1S/C9H6N2/c10-6-7-1-2-9-8(5-7)3-4-11-9/h1-5,11H/q+1. The monoisotopic (exact) mass is 142 g/mol. The van der Waals surface area contributed by atoms with Crippen LogP contribution in [0.1, 0.15) is 5.56 Å². The number of benzene rings is 1. The topological polar surface area (TPSA) is 37.8 Å². The van der Waals surface area contributed by atoms with Crippen LogP contribution in [0.5, 0.6) is 0 Å². The first-order chi connectivity index (χ1) is 5.40. The Morgan fingerprint density at radius 3 is 3.09 bits per heavy atom. The number of hydrogen-bond acceptors (Lipinski definition) is 1. The van der Waals surface area contributed by atoms with E-state index in [-0.39, 0.29) is 0 Å². The average molecular weight is 142 g/mol. The van der Waals surface area contributed by atoms with Crippen molar-refractivity contribution in [2.24, 2.45) is 0 Å². The number of rotatable bonds is 0. The lowest BCUT2D eigenvalue weighted by molar-refractivity contribution is -0.440. The molecule has 0 atom stereocenters. The van der Waals surface area contributed by atoms with Crippen LogP contribution in [-0.2, 0) is 0 Å². The number of nitrogens with one attached hydrogen (secondary N) is 1. The minimum Gasteiger partial charge on any atom is -0.228 e. The van der Waals surface area contributed by atoms with Crippen molar-refractivity contribution in [1.82, 2.24) is 0 Å². The molecule has 0 spiro atoms. The predicted octanol–water partition coefficient (Wildman–Crippen LogP) is -1.79. The van der Waals surface area contributed by atoms with Crippen molar-refractivity contribution in [3.05, 3.63) is 40.9 Å². The van der Waals surface area contributed by atoms with Crippen LogP contribution in [0.4, 0.5) is 0 Å². The highest BCUT2D eigenvalue weighted by Crippen LogP contribution is 1.86. The average Bonchev–Trinajstić information content (AvgIpc) is 2.50. The van der Waals surface area contributed by atoms with Gasteiger partial charge in [0.15, 0.2) is 0 Å². The van der Waals surface area contributed by atoms with Gasteiger partial charge in [0.1, 0.15) is 0 Å². The molecule has 0 unspecified atom stereocenters. The summed E-state index contributed by atoms with van der Waals surface area (Å²) in [5.41, 5.74) is 0.706. The molecule has 1 aliphatic heterocycles. The fourth-order valence-electron chi connectivity index (χ4n) is 1.12. The quantitative estimate of drug-likeness (QED) is 0.456. The molecule has 0 saturated carbocycles. The Bertz CT molecular complexity index is 438. The minimum absolute atomic E-state index is 0.706. The van der Waals surface area contributed by atoms with Gasteiger partial charge in [0.05, 0.1) is 11.6 Å². The van der Waals surface area contributed by atoms with Crippen LogP contribution >= 0.6 is 0 Å². The minimum atomic E-state index is 0.706. The van der Waals surface area contributed by atoms with Gasteiger partial charge in [-0.25, -0.2) is 4.99 Å². The van der Waals surface area contributed by atoms with Gasteiger partial charge in [0.25, 0.3) is 0 Å². The summed E-state index contributed by atoms with van der Waals surface area (Å²) in [6.45, 7) is 1.87. The molecule has 11 heavy (non-hydrogen) atoms. The summed E-state index contributed by atoms with van der Waals surface area (Å²) in [5, 5.41) is 10.7. The molecule has 51 valence electrons. The first kappa shape index (κ1) is 6.11. The van der Waals surface area contributed by atoms with Gasteiger partial charge in [-0.1, -0.05) is 0 Å². The second-order valence-electron chi connectivity index (χ2n) is 2.39. The van der Waals surface area contributed by atoms with Crippen LogP contribution < -0.4 is 15.6 Å². The van der Waals surface area contributed by atoms with E-state index in [0.717, 1.165) is 10.6 Å². The van der Waals surface area contributed by atoms with Gasteiger partial charge in [-0.3, -0.25) is 0 Å². The second kappa shape index (κ2) is 2.21. The third-order valence-electron chi connectivity index (χ3n) is 1.68. The Kier molecular flexibility index (Phi) is 1.23. The largest absolute Gasteiger partial charge is 0.235 e. The normalized spacial score (nSPS) is 12.6. The molecular formula is C9H6N2+. The molecule has 2 heteroatoms. The zero-order valence-electron chi connectivity index (χ0n) is 5.83. The fourth-order valence-corrected chi connectivity index (χ4v) is 1.12. The van der Waals surface area contributed by atoms with Crippen LogP contribution in [-0.4, -0.2) is 0 Å². The number of fused-ring (bicyclic) bond motifs is 1. The van der Waals surface area contributed by atoms with E-state index in [2.05, 4.69) is 11.1 Å². The highest BCUT2D eigenvalue weighted by atomic mass is 14.7. The summed E-state index contributed by atoms with van der Waals surface area (Å²) in [6.07, 6.45) is 1.95. The summed E-state index contributed by atoms with van der Waals surface area (Å²) in [6, 6.07) is 7.68. The lowest BCUT2D eigenvalue weighted by Gasteiger charge is -1.81. The Morgan fingerprint density at radius 1 is 1.36 bits per heavy atom. The Labute approximate surface area is 64.1 Å². The van der Waals surface area contributed by atoms with E-state index in [9.17, 15) is 0 Å². The number of hydrogen-bond donors (Lipinski definition) is 1. The van der Waals surface area contributed by atoms with Crippen LogP contribution in [0.25, 0.3) is 6.08 Å². The molecule has 1 N–H and O–H groups in total. The summed E-state index contributed by atoms with van der Waals surface area (Å²) in [4.78, 5) is 3.06. The molecule has 2 nitrogen and oxygen atoms in total. The highest BCUT2D eigenvalue weighted by Gasteiger charge is 2.01. The Hall–Kier alpha value is -1.62. The molecule has 1 aromatic rings. The van der Waals surface area contributed by atoms with E-state index in [1.165, 1.54) is 0 Å². The van der Waals surface area contributed by atoms with E-state index >= 15 is 0 Å². The fraction of sp³-hybridized carbons (Fsp3) is 0. The van der Waals surface area contributed by atoms with Gasteiger partial charge in [-0.2, -0.15) is 5.26 Å². The molecule has 0 bridgehead atoms. The van der Waals surface area contributed by atoms with Crippen LogP contribution in [0, 0.1) is 17.9 Å². The second-order valence-corrected chi connectivity index (χ2v) is 2.39. The number of nitriles is 1. The predicted molar refractivity (Wildman–Crippen MR) is 39.2 cm³/mol. The van der Waals surface area contributed by atoms with Crippen molar-refractivity contribution in [2.45, 2.75) is 0 Å². The summed E-state index contributed by atoms with van der Waals surface area (Å²) in [7, 11) is 0. The Balaban J connectivity index is 2.81. The molecule has 2 rings (SSSR count). The van der Waals surface area contributed by atoms with Gasteiger partial charge in [-0.15, -0.1) is 0 Å². The van der Waals surface area contributed by atoms with Crippen LogP contribution in [0.15, 0.2) is 18.2 Å². The molecule has 0 fully saturated rings. The van der Waals surface area contributed by atoms with Crippen molar-refractivity contribution >= 4 is 6.08 Å². The van der Waals surface area contributed by atoms with Crippen molar-refractivity contribution < 1.29 is 4.99 Å². The SMILES string of the molecule is N#Cc1ccc2c(c1)=C[CH][NH+]=2. The van der Waals surface area contributed by atoms with E-state index in [0.29, 0.717) is 5.56 Å². The summed E-state index contributed by atoms with van der Waals surface area (Å²) < 4.78 is 0. The van der Waals surface area contributed by atoms with Crippen molar-refractivity contribution in [1.29, 1.82) is 5.26 Å². The maximum Gasteiger partial charge on any atom is 0.235 e. The molecule has 0 aromatic heterocycles. The first-order valence-electron chi connectivity index (χ1n) is 3.37. The highest BCUT2D eigenvalue weighted by molar-refractivity contribution is 5.36. The molecule has 0 amide bonds. The lowest BCUT2D eigenvalue weighted by atomic mass is 10.2. The van der Waals surface area contributed by atoms with E-state index in [4.69, 9.17) is 5.26 Å². The van der Waals surface area contributed by atoms with Gasteiger partial charge >= 0.3 is 0 Å². The molecule has 1 aromatic carbocycles. The zero-order valence-corrected chi connectivity index (χ0v) is 5.83. The smallest absolute Gasteiger partial charge is 0.228 e. The van der Waals surface area contributed by atoms with E-state index in [1.807, 2.05) is 24.8 Å². The van der Waals surface area contributed by atoms with Crippen molar-refractivity contribution in [2.75, 3.05) is 0 Å². The zero-order chi connectivity index (χ0) is 7.68. The maximum atomic E-state index is 8.57. The summed E-state index contributed by atoms with van der Waals surface area (Å²) >= 11 is 0. The van der Waals surface area contributed by atoms with Gasteiger partial charge in [0.2, 0.25) is 11.9 Å². The molecule has 1 radical (unpaired) electrons. The van der Waals surface area contributed by atoms with Crippen LogP contribution in [0.3, 0.4) is 0 Å². The molecule has 1 aliphatic rings. The maximum absolute atomic E-state index is 8.57. The molecular weight excluding hydrogens is 136 g/mol. The number of nitrogens with zero attached hydrogens (tertiary/aromatic N) is 1. The molecule has 1 heterocycles. The van der Waals surface area contributed by atoms with Gasteiger partial charge in [-0.05, 0) is 12.1 Å². The van der Waals surface area contributed by atoms with Gasteiger partial charge < -0.3 is 0 Å². The third-order valence-corrected chi connectivity index (χ3v) is 1.68. The van der Waals surface area contributed by atoms with Crippen LogP contribution in [0.2, 0.25) is 0 Å². The molecule has 0 aliphatic carbocycles. The van der Waals surface area contributed by atoms with E-state index in [1.54, 1.807) is 6.07 Å². The van der Waals surface area contributed by atoms with Crippen molar-refractivity contribution in [3.63, 3.8) is 0 Å². The van der Waals surface area contributed by atoms with Crippen molar-refractivity contribution in [3.8, 4) is 6.07 Å².